The third-order valence-corrected chi connectivity index (χ3v) is 6.06. The van der Waals surface area contributed by atoms with Crippen LogP contribution in [-0.4, -0.2) is 33.3 Å². The summed E-state index contributed by atoms with van der Waals surface area (Å²) in [7, 11) is 0. The van der Waals surface area contributed by atoms with Crippen LogP contribution in [-0.2, 0) is 16.1 Å². The first-order valence-electron chi connectivity index (χ1n) is 10.4. The van der Waals surface area contributed by atoms with E-state index < -0.39 is 17.7 Å². The van der Waals surface area contributed by atoms with E-state index in [0.717, 1.165) is 10.4 Å². The average molecular weight is 449 g/mol. The molecule has 6 nitrogen and oxygen atoms in total. The quantitative estimate of drug-likeness (QED) is 0.319. The van der Waals surface area contributed by atoms with E-state index in [-0.39, 0.29) is 17.9 Å². The minimum atomic E-state index is -0.690. The van der Waals surface area contributed by atoms with Crippen LogP contribution in [0.5, 0.6) is 5.75 Å². The molecule has 164 valence electrons. The fraction of sp³-hybridized carbons (Fsp3) is 0.240. The molecule has 1 aromatic carbocycles. The Labute approximate surface area is 190 Å². The smallest absolute Gasteiger partial charge is 0.295 e. The van der Waals surface area contributed by atoms with Gasteiger partial charge in [0.05, 0.1) is 18.2 Å². The molecule has 1 amide bonds. The van der Waals surface area contributed by atoms with Gasteiger partial charge in [0.2, 0.25) is 0 Å². The van der Waals surface area contributed by atoms with Crippen molar-refractivity contribution in [1.82, 2.24) is 9.88 Å². The van der Waals surface area contributed by atoms with Crippen molar-refractivity contribution in [3.63, 3.8) is 0 Å². The Hall–Kier alpha value is -3.45. The molecule has 0 saturated carbocycles. The molecule has 2 aromatic heterocycles. The van der Waals surface area contributed by atoms with E-state index in [1.54, 1.807) is 42.7 Å². The third-order valence-electron chi connectivity index (χ3n) is 5.14. The second-order valence-corrected chi connectivity index (χ2v) is 9.01. The molecule has 1 N–H and O–H groups in total. The molecule has 1 fully saturated rings. The van der Waals surface area contributed by atoms with E-state index in [4.69, 9.17) is 4.74 Å². The lowest BCUT2D eigenvalue weighted by atomic mass is 9.99. The number of carbonyl (C=O) groups is 2. The van der Waals surface area contributed by atoms with Gasteiger partial charge in [-0.1, -0.05) is 26.0 Å². The summed E-state index contributed by atoms with van der Waals surface area (Å²) in [5, 5.41) is 13.0. The maximum Gasteiger partial charge on any atom is 0.295 e. The van der Waals surface area contributed by atoms with Gasteiger partial charge in [0, 0.05) is 29.4 Å². The highest BCUT2D eigenvalue weighted by Crippen LogP contribution is 2.41. The number of nitrogens with zero attached hydrogens (tertiary/aromatic N) is 2. The number of ether oxygens (including phenoxy) is 1. The van der Waals surface area contributed by atoms with Crippen LogP contribution >= 0.6 is 11.3 Å². The number of likely N-dealkylation sites (tertiary alicyclic amines) is 1. The zero-order valence-corrected chi connectivity index (χ0v) is 18.7. The fourth-order valence-electron chi connectivity index (χ4n) is 3.60. The number of hydrogen-bond donors (Lipinski definition) is 1. The van der Waals surface area contributed by atoms with Crippen LogP contribution in [0.15, 0.2) is 71.9 Å². The first kappa shape index (κ1) is 21.8. The van der Waals surface area contributed by atoms with Crippen molar-refractivity contribution in [2.75, 3.05) is 6.61 Å². The molecule has 4 rings (SSSR count). The molecule has 1 unspecified atom stereocenters. The van der Waals surface area contributed by atoms with Crippen molar-refractivity contribution < 1.29 is 19.4 Å². The minimum absolute atomic E-state index is 0.0946. The van der Waals surface area contributed by atoms with E-state index in [0.29, 0.717) is 23.8 Å². The van der Waals surface area contributed by atoms with Gasteiger partial charge in [-0.2, -0.15) is 0 Å². The fourth-order valence-corrected chi connectivity index (χ4v) is 4.45. The maximum absolute atomic E-state index is 13.0. The van der Waals surface area contributed by atoms with Crippen molar-refractivity contribution in [2.24, 2.45) is 5.92 Å². The van der Waals surface area contributed by atoms with Gasteiger partial charge in [-0.3, -0.25) is 14.6 Å². The number of amides is 1. The number of rotatable bonds is 7. The van der Waals surface area contributed by atoms with E-state index in [2.05, 4.69) is 18.8 Å². The summed E-state index contributed by atoms with van der Waals surface area (Å²) in [6.07, 6.45) is 3.32. The van der Waals surface area contributed by atoms with Crippen LogP contribution in [0.25, 0.3) is 5.76 Å². The second-order valence-electron chi connectivity index (χ2n) is 8.03. The molecule has 1 saturated heterocycles. The van der Waals surface area contributed by atoms with Crippen LogP contribution in [0.1, 0.15) is 35.9 Å². The van der Waals surface area contributed by atoms with Crippen LogP contribution in [0.4, 0.5) is 0 Å². The largest absolute Gasteiger partial charge is 0.507 e. The van der Waals surface area contributed by atoms with Crippen molar-refractivity contribution >= 4 is 28.8 Å². The number of thiophene rings is 1. The average Bonchev–Trinajstić information content (AvgIpc) is 3.41. The molecule has 3 aromatic rings. The van der Waals surface area contributed by atoms with Crippen molar-refractivity contribution in [3.05, 3.63) is 87.9 Å². The lowest BCUT2D eigenvalue weighted by molar-refractivity contribution is -0.140. The summed E-state index contributed by atoms with van der Waals surface area (Å²) in [5.41, 5.74) is 1.36. The summed E-state index contributed by atoms with van der Waals surface area (Å²) < 4.78 is 5.70. The Bertz CT molecular complexity index is 1120. The number of benzene rings is 1. The third kappa shape index (κ3) is 4.43. The summed E-state index contributed by atoms with van der Waals surface area (Å²) in [6.45, 7) is 4.94. The standard InChI is InChI=1S/C25H24N2O4S/c1-16(2)15-31-19-9-7-18(8-10-19)23(28)21-22(20-6-4-12-32-20)27(25(30)24(21)29)14-17-5-3-11-26-13-17/h3-13,16,22,28H,14-15H2,1-2H3/b23-21-. The Balaban J connectivity index is 1.71. The molecule has 1 aliphatic heterocycles. The molecule has 0 radical (unpaired) electrons. The highest BCUT2D eigenvalue weighted by molar-refractivity contribution is 7.10. The molecule has 7 heteroatoms. The van der Waals surface area contributed by atoms with Crippen molar-refractivity contribution in [3.8, 4) is 5.75 Å². The minimum Gasteiger partial charge on any atom is -0.507 e. The van der Waals surface area contributed by atoms with Crippen LogP contribution < -0.4 is 4.74 Å². The molecular weight excluding hydrogens is 424 g/mol. The molecule has 1 atom stereocenters. The van der Waals surface area contributed by atoms with E-state index in [9.17, 15) is 14.7 Å². The molecule has 0 spiro atoms. The van der Waals surface area contributed by atoms with Crippen LogP contribution in [0.3, 0.4) is 0 Å². The first-order valence-corrected chi connectivity index (χ1v) is 11.3. The van der Waals surface area contributed by atoms with Crippen molar-refractivity contribution in [1.29, 1.82) is 0 Å². The highest BCUT2D eigenvalue weighted by atomic mass is 32.1. The van der Waals surface area contributed by atoms with E-state index in [1.165, 1.54) is 16.2 Å². The number of ketones is 1. The molecule has 32 heavy (non-hydrogen) atoms. The lowest BCUT2D eigenvalue weighted by Gasteiger charge is -2.24. The predicted molar refractivity (Wildman–Crippen MR) is 123 cm³/mol. The maximum atomic E-state index is 13.0. The predicted octanol–water partition coefficient (Wildman–Crippen LogP) is 4.80. The van der Waals surface area contributed by atoms with Gasteiger partial charge in [0.15, 0.2) is 0 Å². The Morgan fingerprint density at radius 1 is 1.16 bits per heavy atom. The Morgan fingerprint density at radius 3 is 2.56 bits per heavy atom. The van der Waals surface area contributed by atoms with Gasteiger partial charge in [0.25, 0.3) is 11.7 Å². The number of hydrogen-bond acceptors (Lipinski definition) is 6. The number of aliphatic hydroxyl groups excluding tert-OH is 1. The molecule has 1 aliphatic rings. The van der Waals surface area contributed by atoms with Gasteiger partial charge < -0.3 is 14.7 Å². The number of aliphatic hydroxyl groups is 1. The monoisotopic (exact) mass is 448 g/mol. The van der Waals surface area contributed by atoms with Crippen LogP contribution in [0, 0.1) is 5.92 Å². The van der Waals surface area contributed by atoms with E-state index >= 15 is 0 Å². The molecular formula is C25H24N2O4S. The summed E-state index contributed by atoms with van der Waals surface area (Å²) >= 11 is 1.44. The molecule has 0 bridgehead atoms. The zero-order chi connectivity index (χ0) is 22.7. The molecule has 0 aliphatic carbocycles. The van der Waals surface area contributed by atoms with Crippen molar-refractivity contribution in [2.45, 2.75) is 26.4 Å². The lowest BCUT2D eigenvalue weighted by Crippen LogP contribution is -2.28. The number of carbonyl (C=O) groups excluding carboxylic acids is 2. The topological polar surface area (TPSA) is 79.7 Å². The summed E-state index contributed by atoms with van der Waals surface area (Å²) in [5.74, 6) is -0.437. The van der Waals surface area contributed by atoms with Gasteiger partial charge in [-0.05, 0) is 53.3 Å². The van der Waals surface area contributed by atoms with Gasteiger partial charge in [0.1, 0.15) is 11.5 Å². The molecule has 3 heterocycles. The number of aromatic nitrogens is 1. The number of Topliss-reactive ketones (excluding diaryl/α,β-unsaturated/α-hetero) is 1. The normalized spacial score (nSPS) is 17.8. The SMILES string of the molecule is CC(C)COc1ccc(/C(O)=C2/C(=O)C(=O)N(Cc3cccnc3)C2c2cccs2)cc1. The number of pyridine rings is 1. The summed E-state index contributed by atoms with van der Waals surface area (Å²) in [4.78, 5) is 32.4. The second kappa shape index (κ2) is 9.36. The Kier molecular flexibility index (Phi) is 6.37. The zero-order valence-electron chi connectivity index (χ0n) is 17.9. The Morgan fingerprint density at radius 2 is 1.94 bits per heavy atom. The summed E-state index contributed by atoms with van der Waals surface area (Å²) in [6, 6.07) is 13.6. The van der Waals surface area contributed by atoms with Gasteiger partial charge in [-0.25, -0.2) is 0 Å². The van der Waals surface area contributed by atoms with Gasteiger partial charge in [-0.15, -0.1) is 11.3 Å². The van der Waals surface area contributed by atoms with Crippen LogP contribution in [0.2, 0.25) is 0 Å². The van der Waals surface area contributed by atoms with E-state index in [1.807, 2.05) is 23.6 Å². The highest BCUT2D eigenvalue weighted by Gasteiger charge is 2.46. The first-order chi connectivity index (χ1) is 15.5. The van der Waals surface area contributed by atoms with Gasteiger partial charge >= 0.3 is 0 Å².